The van der Waals surface area contributed by atoms with Gasteiger partial charge in [0.05, 0.1) is 32.0 Å². The summed E-state index contributed by atoms with van der Waals surface area (Å²) in [5.74, 6) is -0.428. The van der Waals surface area contributed by atoms with E-state index in [0.717, 1.165) is 5.56 Å². The van der Waals surface area contributed by atoms with Crippen molar-refractivity contribution in [3.8, 4) is 5.75 Å². The molecule has 0 aliphatic rings. The largest absolute Gasteiger partial charge is 0.491 e. The van der Waals surface area contributed by atoms with E-state index in [1.54, 1.807) is 24.3 Å². The highest BCUT2D eigenvalue weighted by molar-refractivity contribution is 6.06. The topological polar surface area (TPSA) is 123 Å². The molecule has 9 heteroatoms. The van der Waals surface area contributed by atoms with Gasteiger partial charge in [-0.3, -0.25) is 4.79 Å². The van der Waals surface area contributed by atoms with E-state index in [0.29, 0.717) is 54.7 Å². The van der Waals surface area contributed by atoms with Crippen molar-refractivity contribution in [3.63, 3.8) is 0 Å². The smallest absolute Gasteiger partial charge is 0.338 e. The SMILES string of the molecule is Nc1cc(N)cc(C(=O)OCCOCCOCCOc2ccc(C=CC(=O)c3ccc(F)cc3)cc2)c1. The number of ketones is 1. The fourth-order valence-corrected chi connectivity index (χ4v) is 3.17. The van der Waals surface area contributed by atoms with Crippen molar-refractivity contribution in [3.05, 3.63) is 95.3 Å². The molecule has 0 aromatic heterocycles. The molecular formula is C28H29FN2O6. The molecule has 37 heavy (non-hydrogen) atoms. The number of rotatable bonds is 14. The fraction of sp³-hybridized carbons (Fsp3) is 0.214. The summed E-state index contributed by atoms with van der Waals surface area (Å²) in [6.07, 6.45) is 3.13. The van der Waals surface area contributed by atoms with Crippen LogP contribution in [0.3, 0.4) is 0 Å². The number of nitrogen functional groups attached to an aromatic ring is 2. The van der Waals surface area contributed by atoms with Gasteiger partial charge in [-0.1, -0.05) is 18.2 Å². The Hall–Kier alpha value is -4.21. The maximum absolute atomic E-state index is 13.0. The molecule has 3 aromatic carbocycles. The third-order valence-electron chi connectivity index (χ3n) is 4.98. The molecule has 0 unspecified atom stereocenters. The van der Waals surface area contributed by atoms with Crippen LogP contribution in [0.1, 0.15) is 26.3 Å². The van der Waals surface area contributed by atoms with Gasteiger partial charge in [0, 0.05) is 16.9 Å². The number of hydrogen-bond donors (Lipinski definition) is 2. The Morgan fingerprint density at radius 2 is 1.32 bits per heavy atom. The summed E-state index contributed by atoms with van der Waals surface area (Å²) in [5.41, 5.74) is 13.7. The molecule has 0 radical (unpaired) electrons. The lowest BCUT2D eigenvalue weighted by Gasteiger charge is -2.09. The summed E-state index contributed by atoms with van der Waals surface area (Å²) in [4.78, 5) is 24.1. The lowest BCUT2D eigenvalue weighted by molar-refractivity contribution is 0.0106. The number of benzene rings is 3. The minimum Gasteiger partial charge on any atom is -0.491 e. The molecule has 8 nitrogen and oxygen atoms in total. The maximum Gasteiger partial charge on any atom is 0.338 e. The van der Waals surface area contributed by atoms with Crippen molar-refractivity contribution in [2.45, 2.75) is 0 Å². The summed E-state index contributed by atoms with van der Waals surface area (Å²) >= 11 is 0. The minimum atomic E-state index is -0.515. The van der Waals surface area contributed by atoms with Crippen molar-refractivity contribution < 1.29 is 32.9 Å². The quantitative estimate of drug-likeness (QED) is 0.109. The van der Waals surface area contributed by atoms with Crippen LogP contribution in [0, 0.1) is 5.82 Å². The molecule has 194 valence electrons. The van der Waals surface area contributed by atoms with Crippen LogP contribution < -0.4 is 16.2 Å². The monoisotopic (exact) mass is 508 g/mol. The van der Waals surface area contributed by atoms with Crippen molar-refractivity contribution in [1.82, 2.24) is 0 Å². The van der Waals surface area contributed by atoms with Crippen LogP contribution >= 0.6 is 0 Å². The van der Waals surface area contributed by atoms with Gasteiger partial charge in [-0.25, -0.2) is 9.18 Å². The van der Waals surface area contributed by atoms with Crippen molar-refractivity contribution >= 4 is 29.2 Å². The number of nitrogens with two attached hydrogens (primary N) is 2. The molecule has 0 aliphatic carbocycles. The molecule has 0 fully saturated rings. The van der Waals surface area contributed by atoms with E-state index in [4.69, 9.17) is 30.4 Å². The zero-order chi connectivity index (χ0) is 26.5. The van der Waals surface area contributed by atoms with E-state index in [2.05, 4.69) is 0 Å². The Labute approximate surface area is 214 Å². The second-order valence-electron chi connectivity index (χ2n) is 7.87. The lowest BCUT2D eigenvalue weighted by atomic mass is 10.1. The van der Waals surface area contributed by atoms with Crippen molar-refractivity contribution in [2.75, 3.05) is 51.1 Å². The first-order valence-electron chi connectivity index (χ1n) is 11.6. The molecule has 0 aliphatic heterocycles. The molecule has 0 bridgehead atoms. The van der Waals surface area contributed by atoms with Gasteiger partial charge in [-0.15, -0.1) is 0 Å². The molecule has 0 saturated carbocycles. The minimum absolute atomic E-state index is 0.0994. The summed E-state index contributed by atoms with van der Waals surface area (Å²) in [7, 11) is 0. The van der Waals surface area contributed by atoms with Crippen LogP contribution in [0.2, 0.25) is 0 Å². The second kappa shape index (κ2) is 14.4. The van der Waals surface area contributed by atoms with E-state index >= 15 is 0 Å². The molecule has 3 rings (SSSR count). The van der Waals surface area contributed by atoms with Crippen molar-refractivity contribution in [1.29, 1.82) is 0 Å². The summed E-state index contributed by atoms with van der Waals surface area (Å²) in [5, 5.41) is 0. The first kappa shape index (κ1) is 27.4. The molecule has 3 aromatic rings. The highest BCUT2D eigenvalue weighted by Crippen LogP contribution is 2.15. The number of halogens is 1. The summed E-state index contributed by atoms with van der Waals surface area (Å²) in [6.45, 7) is 1.79. The Balaban J connectivity index is 1.22. The van der Waals surface area contributed by atoms with E-state index in [-0.39, 0.29) is 24.8 Å². The molecule has 0 saturated heterocycles. The average molecular weight is 509 g/mol. The van der Waals surface area contributed by atoms with Crippen LogP contribution in [-0.4, -0.2) is 51.4 Å². The third kappa shape index (κ3) is 9.75. The Morgan fingerprint density at radius 1 is 0.730 bits per heavy atom. The molecule has 0 amide bonds. The van der Waals surface area contributed by atoms with Crippen LogP contribution in [0.15, 0.2) is 72.8 Å². The van der Waals surface area contributed by atoms with Gasteiger partial charge in [-0.2, -0.15) is 0 Å². The summed E-state index contributed by atoms with van der Waals surface area (Å²) < 4.78 is 34.5. The van der Waals surface area contributed by atoms with Gasteiger partial charge >= 0.3 is 5.97 Å². The van der Waals surface area contributed by atoms with Gasteiger partial charge in [0.25, 0.3) is 0 Å². The number of allylic oxidation sites excluding steroid dienone is 1. The number of hydrogen-bond acceptors (Lipinski definition) is 8. The zero-order valence-electron chi connectivity index (χ0n) is 20.2. The van der Waals surface area contributed by atoms with Crippen LogP contribution in [0.5, 0.6) is 5.75 Å². The molecule has 0 heterocycles. The van der Waals surface area contributed by atoms with E-state index in [1.807, 2.05) is 12.1 Å². The maximum atomic E-state index is 13.0. The molecule has 0 spiro atoms. The first-order valence-corrected chi connectivity index (χ1v) is 11.6. The van der Waals surface area contributed by atoms with Gasteiger partial charge in [0.2, 0.25) is 0 Å². The second-order valence-corrected chi connectivity index (χ2v) is 7.87. The van der Waals surface area contributed by atoms with Crippen molar-refractivity contribution in [2.24, 2.45) is 0 Å². The highest BCUT2D eigenvalue weighted by Gasteiger charge is 2.08. The van der Waals surface area contributed by atoms with Gasteiger partial charge in [0.15, 0.2) is 5.78 Å². The molecule has 0 atom stereocenters. The molecule has 4 N–H and O–H groups in total. The van der Waals surface area contributed by atoms with E-state index in [1.165, 1.54) is 42.5 Å². The Morgan fingerprint density at radius 3 is 1.97 bits per heavy atom. The third-order valence-corrected chi connectivity index (χ3v) is 4.98. The molecular weight excluding hydrogens is 479 g/mol. The first-order chi connectivity index (χ1) is 17.9. The van der Waals surface area contributed by atoms with Gasteiger partial charge in [-0.05, 0) is 66.2 Å². The van der Waals surface area contributed by atoms with Crippen LogP contribution in [0.25, 0.3) is 6.08 Å². The predicted molar refractivity (Wildman–Crippen MR) is 139 cm³/mol. The van der Waals surface area contributed by atoms with E-state index < -0.39 is 5.97 Å². The predicted octanol–water partition coefficient (Wildman–Crippen LogP) is 4.16. The fourth-order valence-electron chi connectivity index (χ4n) is 3.17. The average Bonchev–Trinajstić information content (AvgIpc) is 2.88. The summed E-state index contributed by atoms with van der Waals surface area (Å²) in [6, 6.07) is 17.2. The number of carbonyl (C=O) groups is 2. The Bertz CT molecular complexity index is 1180. The van der Waals surface area contributed by atoms with Gasteiger partial charge < -0.3 is 30.4 Å². The highest BCUT2D eigenvalue weighted by atomic mass is 19.1. The standard InChI is InChI=1S/C28H29FN2O6/c29-23-6-4-21(5-7-23)27(32)10-3-20-1-8-26(9-2-20)36-15-13-34-11-12-35-14-16-37-28(33)22-17-24(30)19-25(31)18-22/h1-10,17-19H,11-16,30-31H2. The Kier molecular flexibility index (Phi) is 10.6. The normalized spacial score (nSPS) is 10.9. The van der Waals surface area contributed by atoms with Crippen LogP contribution in [-0.2, 0) is 14.2 Å². The number of carbonyl (C=O) groups excluding carboxylic acids is 2. The van der Waals surface area contributed by atoms with E-state index in [9.17, 15) is 14.0 Å². The number of anilines is 2. The lowest BCUT2D eigenvalue weighted by Crippen LogP contribution is -2.14. The zero-order valence-corrected chi connectivity index (χ0v) is 20.2. The number of esters is 1. The van der Waals surface area contributed by atoms with Crippen LogP contribution in [0.4, 0.5) is 15.8 Å². The number of ether oxygens (including phenoxy) is 4. The van der Waals surface area contributed by atoms with Gasteiger partial charge in [0.1, 0.15) is 24.8 Å².